The highest BCUT2D eigenvalue weighted by Crippen LogP contribution is 2.41. The zero-order chi connectivity index (χ0) is 13.8. The van der Waals surface area contributed by atoms with Crippen LogP contribution in [0.4, 0.5) is 0 Å². The Morgan fingerprint density at radius 1 is 1.42 bits per heavy atom. The van der Waals surface area contributed by atoms with E-state index in [4.69, 9.17) is 4.74 Å². The first kappa shape index (κ1) is 13.5. The summed E-state index contributed by atoms with van der Waals surface area (Å²) in [7, 11) is 0. The molecule has 1 aliphatic rings. The predicted octanol–water partition coefficient (Wildman–Crippen LogP) is 0.468. The Hall–Kier alpha value is -1.92. The van der Waals surface area contributed by atoms with Crippen LogP contribution in [-0.4, -0.2) is 40.0 Å². The summed E-state index contributed by atoms with van der Waals surface area (Å²) in [6.07, 6.45) is 1.99. The van der Waals surface area contributed by atoms with Gasteiger partial charge in [-0.2, -0.15) is 0 Å². The monoisotopic (exact) mass is 266 g/mol. The number of hydrogen-bond donors (Lipinski definition) is 1. The molecule has 1 amide bonds. The summed E-state index contributed by atoms with van der Waals surface area (Å²) in [6, 6.07) is 0. The van der Waals surface area contributed by atoms with E-state index in [0.717, 1.165) is 18.5 Å². The van der Waals surface area contributed by atoms with Gasteiger partial charge < -0.3 is 10.1 Å². The molecule has 1 heterocycles. The summed E-state index contributed by atoms with van der Waals surface area (Å²) in [5.74, 6) is -0.333. The van der Waals surface area contributed by atoms with Gasteiger partial charge in [0.2, 0.25) is 5.91 Å². The van der Waals surface area contributed by atoms with Gasteiger partial charge in [0, 0.05) is 12.5 Å². The lowest BCUT2D eigenvalue weighted by molar-refractivity contribution is -0.121. The average Bonchev–Trinajstić information content (AvgIpc) is 3.12. The van der Waals surface area contributed by atoms with Crippen molar-refractivity contribution in [3.8, 4) is 0 Å². The number of nitrogens with one attached hydrogen (secondary N) is 1. The van der Waals surface area contributed by atoms with Crippen molar-refractivity contribution in [2.24, 2.45) is 0 Å². The van der Waals surface area contributed by atoms with Gasteiger partial charge in [0.05, 0.1) is 12.3 Å². The molecule has 2 rings (SSSR count). The summed E-state index contributed by atoms with van der Waals surface area (Å²) in [6.45, 7) is 4.55. The summed E-state index contributed by atoms with van der Waals surface area (Å²) < 4.78 is 6.47. The summed E-state index contributed by atoms with van der Waals surface area (Å²) >= 11 is 0. The number of amides is 1. The molecule has 0 aliphatic heterocycles. The van der Waals surface area contributed by atoms with Gasteiger partial charge in [-0.1, -0.05) is 5.21 Å². The lowest BCUT2D eigenvalue weighted by Gasteiger charge is -2.06. The molecule has 0 bridgehead atoms. The number of ether oxygens (including phenoxy) is 1. The first-order chi connectivity index (χ1) is 9.17. The van der Waals surface area contributed by atoms with E-state index in [9.17, 15) is 9.59 Å². The molecule has 1 saturated carbocycles. The molecule has 1 aromatic heterocycles. The van der Waals surface area contributed by atoms with Crippen molar-refractivity contribution in [2.75, 3.05) is 13.2 Å². The first-order valence-electron chi connectivity index (χ1n) is 6.54. The van der Waals surface area contributed by atoms with Crippen LogP contribution < -0.4 is 5.32 Å². The number of esters is 1. The van der Waals surface area contributed by atoms with E-state index < -0.39 is 5.97 Å². The molecule has 19 heavy (non-hydrogen) atoms. The summed E-state index contributed by atoms with van der Waals surface area (Å²) in [4.78, 5) is 23.4. The molecule has 0 radical (unpaired) electrons. The largest absolute Gasteiger partial charge is 0.461 e. The minimum Gasteiger partial charge on any atom is -0.461 e. The number of carbonyl (C=O) groups excluding carboxylic acids is 2. The molecule has 0 spiro atoms. The number of carbonyl (C=O) groups is 2. The Morgan fingerprint density at radius 2 is 2.16 bits per heavy atom. The molecule has 1 fully saturated rings. The summed E-state index contributed by atoms with van der Waals surface area (Å²) in [5.41, 5.74) is 0.971. The number of nitrogens with zero attached hydrogens (tertiary/aromatic N) is 3. The minimum atomic E-state index is -0.466. The van der Waals surface area contributed by atoms with E-state index in [1.54, 1.807) is 6.92 Å². The highest BCUT2D eigenvalue weighted by Gasteiger charge is 2.34. The molecule has 0 aromatic carbocycles. The molecule has 7 nitrogen and oxygen atoms in total. The van der Waals surface area contributed by atoms with E-state index in [1.165, 1.54) is 4.68 Å². The second-order valence-electron chi connectivity index (χ2n) is 4.43. The highest BCUT2D eigenvalue weighted by atomic mass is 16.5. The van der Waals surface area contributed by atoms with Crippen LogP contribution in [0.3, 0.4) is 0 Å². The van der Waals surface area contributed by atoms with E-state index in [1.807, 2.05) is 6.92 Å². The zero-order valence-electron chi connectivity index (χ0n) is 11.2. The van der Waals surface area contributed by atoms with E-state index in [0.29, 0.717) is 13.2 Å². The fourth-order valence-electron chi connectivity index (χ4n) is 1.93. The van der Waals surface area contributed by atoms with E-state index >= 15 is 0 Å². The van der Waals surface area contributed by atoms with E-state index in [2.05, 4.69) is 15.6 Å². The molecule has 104 valence electrons. The maximum atomic E-state index is 11.8. The Labute approximate surface area is 111 Å². The van der Waals surface area contributed by atoms with Gasteiger partial charge in [0.15, 0.2) is 5.69 Å². The fourth-order valence-corrected chi connectivity index (χ4v) is 1.93. The molecule has 1 aromatic rings. The lowest BCUT2D eigenvalue weighted by atomic mass is 10.2. The normalized spacial score (nSPS) is 14.2. The quantitative estimate of drug-likeness (QED) is 0.756. The standard InChI is InChI=1S/C12H18N4O3/c1-3-13-9(17)7-16-11(8-5-6-8)10(14-15-16)12(18)19-4-2/h8H,3-7H2,1-2H3,(H,13,17). The highest BCUT2D eigenvalue weighted by molar-refractivity contribution is 5.88. The molecule has 0 atom stereocenters. The van der Waals surface area contributed by atoms with Crippen LogP contribution in [0.2, 0.25) is 0 Å². The molecule has 1 aliphatic carbocycles. The van der Waals surface area contributed by atoms with Crippen LogP contribution in [0.5, 0.6) is 0 Å². The van der Waals surface area contributed by atoms with Crippen molar-refractivity contribution in [2.45, 2.75) is 39.2 Å². The van der Waals surface area contributed by atoms with Crippen molar-refractivity contribution >= 4 is 11.9 Å². The maximum absolute atomic E-state index is 11.8. The van der Waals surface area contributed by atoms with Crippen molar-refractivity contribution in [3.05, 3.63) is 11.4 Å². The molecule has 0 saturated heterocycles. The van der Waals surface area contributed by atoms with Crippen LogP contribution in [-0.2, 0) is 16.1 Å². The second kappa shape index (κ2) is 5.81. The van der Waals surface area contributed by atoms with Crippen molar-refractivity contribution in [1.82, 2.24) is 20.3 Å². The molecular weight excluding hydrogens is 248 g/mol. The third-order valence-electron chi connectivity index (χ3n) is 2.87. The van der Waals surface area contributed by atoms with Crippen LogP contribution in [0.15, 0.2) is 0 Å². The predicted molar refractivity (Wildman–Crippen MR) is 66.6 cm³/mol. The van der Waals surface area contributed by atoms with Gasteiger partial charge in [0.1, 0.15) is 6.54 Å². The zero-order valence-corrected chi connectivity index (χ0v) is 11.2. The van der Waals surface area contributed by atoms with Crippen LogP contribution in [0, 0.1) is 0 Å². The maximum Gasteiger partial charge on any atom is 0.360 e. The third-order valence-corrected chi connectivity index (χ3v) is 2.87. The van der Waals surface area contributed by atoms with Gasteiger partial charge in [-0.05, 0) is 26.7 Å². The number of likely N-dealkylation sites (N-methyl/N-ethyl adjacent to an activating group) is 1. The topological polar surface area (TPSA) is 86.1 Å². The number of rotatable bonds is 6. The number of hydrogen-bond acceptors (Lipinski definition) is 5. The van der Waals surface area contributed by atoms with Gasteiger partial charge >= 0.3 is 5.97 Å². The molecular formula is C12H18N4O3. The lowest BCUT2D eigenvalue weighted by Crippen LogP contribution is -2.28. The van der Waals surface area contributed by atoms with Gasteiger partial charge in [-0.15, -0.1) is 5.10 Å². The SMILES string of the molecule is CCNC(=O)Cn1nnc(C(=O)OCC)c1C1CC1. The Morgan fingerprint density at radius 3 is 2.74 bits per heavy atom. The summed E-state index contributed by atoms with van der Waals surface area (Å²) in [5, 5.41) is 10.5. The Kier molecular flexibility index (Phi) is 4.13. The molecule has 1 N–H and O–H groups in total. The Bertz CT molecular complexity index is 479. The van der Waals surface area contributed by atoms with Crippen LogP contribution >= 0.6 is 0 Å². The average molecular weight is 266 g/mol. The van der Waals surface area contributed by atoms with Crippen molar-refractivity contribution in [3.63, 3.8) is 0 Å². The molecule has 7 heteroatoms. The van der Waals surface area contributed by atoms with Crippen LogP contribution in [0.25, 0.3) is 0 Å². The first-order valence-corrected chi connectivity index (χ1v) is 6.54. The Balaban J connectivity index is 2.19. The van der Waals surface area contributed by atoms with Crippen molar-refractivity contribution in [1.29, 1.82) is 0 Å². The van der Waals surface area contributed by atoms with E-state index in [-0.39, 0.29) is 24.1 Å². The van der Waals surface area contributed by atoms with Crippen molar-refractivity contribution < 1.29 is 14.3 Å². The molecule has 0 unspecified atom stereocenters. The van der Waals surface area contributed by atoms with Gasteiger partial charge in [-0.25, -0.2) is 9.48 Å². The minimum absolute atomic E-state index is 0.0894. The second-order valence-corrected chi connectivity index (χ2v) is 4.43. The number of aromatic nitrogens is 3. The third kappa shape index (κ3) is 3.10. The van der Waals surface area contributed by atoms with Gasteiger partial charge in [0.25, 0.3) is 0 Å². The fraction of sp³-hybridized carbons (Fsp3) is 0.667. The van der Waals surface area contributed by atoms with Crippen LogP contribution in [0.1, 0.15) is 48.8 Å². The smallest absolute Gasteiger partial charge is 0.360 e. The van der Waals surface area contributed by atoms with Gasteiger partial charge in [-0.3, -0.25) is 4.79 Å².